The fourth-order valence-electron chi connectivity index (χ4n) is 1.71. The minimum Gasteiger partial charge on any atom is -0.356 e. The first-order chi connectivity index (χ1) is 10.4. The van der Waals surface area contributed by atoms with E-state index in [1.54, 1.807) is 30.3 Å². The minimum atomic E-state index is -1.75. The van der Waals surface area contributed by atoms with Gasteiger partial charge in [-0.15, -0.1) is 0 Å². The number of quaternary nitrogens is 1. The van der Waals surface area contributed by atoms with Gasteiger partial charge in [-0.1, -0.05) is 42.5 Å². The van der Waals surface area contributed by atoms with Crippen LogP contribution in [0, 0.1) is 20.7 Å². The molecule has 0 saturated heterocycles. The molecule has 2 aromatic carbocycles. The zero-order valence-electron chi connectivity index (χ0n) is 11.4. The molecule has 0 fully saturated rings. The van der Waals surface area contributed by atoms with E-state index in [2.05, 4.69) is 0 Å². The number of ketones is 1. The molecule has 0 bridgehead atoms. The maximum atomic E-state index is 12.2. The van der Waals surface area contributed by atoms with Crippen LogP contribution in [0.25, 0.3) is 0 Å². The largest absolute Gasteiger partial charge is 0.356 e. The minimum absolute atomic E-state index is 0.0284. The van der Waals surface area contributed by atoms with Crippen molar-refractivity contribution in [2.24, 2.45) is 5.73 Å². The van der Waals surface area contributed by atoms with Gasteiger partial charge in [0.25, 0.3) is 5.96 Å². The van der Waals surface area contributed by atoms with Gasteiger partial charge in [0.05, 0.1) is 5.09 Å². The molecule has 0 aliphatic heterocycles. The van der Waals surface area contributed by atoms with Crippen molar-refractivity contribution in [1.29, 1.82) is 5.41 Å². The number of carbonyl (C=O) groups is 1. The molecule has 22 heavy (non-hydrogen) atoms. The molecule has 0 heterocycles. The summed E-state index contributed by atoms with van der Waals surface area (Å²) < 4.78 is 0. The van der Waals surface area contributed by atoms with E-state index in [1.807, 2.05) is 24.3 Å². The second-order valence-corrected chi connectivity index (χ2v) is 4.14. The summed E-state index contributed by atoms with van der Waals surface area (Å²) >= 11 is 0. The standard InChI is InChI=1S/C14H13N3O.NO3/c15-14(16)17-12-8-4-7-11(9-12)13(18)10-5-2-1-3-6-10;2-1(3)4/h1-9H,(H4,15,16,17);/q;-1/p+1. The van der Waals surface area contributed by atoms with E-state index >= 15 is 0 Å². The summed E-state index contributed by atoms with van der Waals surface area (Å²) in [6.07, 6.45) is 0. The van der Waals surface area contributed by atoms with Crippen LogP contribution in [0.1, 0.15) is 15.9 Å². The molecule has 5 N–H and O–H groups in total. The first kappa shape index (κ1) is 16.8. The Morgan fingerprint density at radius 3 is 2.14 bits per heavy atom. The lowest BCUT2D eigenvalue weighted by Gasteiger charge is -2.02. The Hall–Kier alpha value is -3.26. The number of rotatable bonds is 3. The zero-order valence-corrected chi connectivity index (χ0v) is 11.4. The van der Waals surface area contributed by atoms with E-state index in [1.165, 1.54) is 5.32 Å². The normalized spacial score (nSPS) is 9.27. The fraction of sp³-hybridized carbons (Fsp3) is 0. The summed E-state index contributed by atoms with van der Waals surface area (Å²) in [7, 11) is 0. The van der Waals surface area contributed by atoms with Crippen LogP contribution in [0.5, 0.6) is 0 Å². The Labute approximate surface area is 125 Å². The van der Waals surface area contributed by atoms with Gasteiger partial charge in [0.15, 0.2) is 5.78 Å². The van der Waals surface area contributed by atoms with Crippen molar-refractivity contribution in [2.45, 2.75) is 0 Å². The van der Waals surface area contributed by atoms with Crippen molar-refractivity contribution in [3.63, 3.8) is 0 Å². The number of hydrogen-bond acceptors (Lipinski definition) is 5. The maximum Gasteiger partial charge on any atom is 0.293 e. The Kier molecular flexibility index (Phi) is 6.20. The molecule has 2 aromatic rings. The molecule has 0 aliphatic carbocycles. The molecule has 0 radical (unpaired) electrons. The van der Waals surface area contributed by atoms with Crippen molar-refractivity contribution in [2.75, 3.05) is 0 Å². The van der Waals surface area contributed by atoms with Crippen LogP contribution in [0.4, 0.5) is 5.69 Å². The van der Waals surface area contributed by atoms with E-state index in [4.69, 9.17) is 26.5 Å². The number of nitrogens with one attached hydrogen (secondary N) is 1. The van der Waals surface area contributed by atoms with Crippen LogP contribution in [-0.4, -0.2) is 16.8 Å². The molecule has 8 heteroatoms. The lowest BCUT2D eigenvalue weighted by Crippen LogP contribution is -2.84. The highest BCUT2D eigenvalue weighted by Gasteiger charge is 2.10. The molecule has 0 spiro atoms. The Bertz CT molecular complexity index is 670. The Morgan fingerprint density at radius 1 is 1.05 bits per heavy atom. The van der Waals surface area contributed by atoms with Crippen LogP contribution in [0.2, 0.25) is 0 Å². The SMILES string of the molecule is N=C(N)[NH2+]c1cccc(C(=O)c2ccccc2)c1.O=[N+]([O-])[O-]. The second-order valence-electron chi connectivity index (χ2n) is 4.14. The van der Waals surface area contributed by atoms with E-state index in [9.17, 15) is 4.79 Å². The summed E-state index contributed by atoms with van der Waals surface area (Å²) in [6, 6.07) is 16.2. The van der Waals surface area contributed by atoms with Crippen LogP contribution < -0.4 is 11.1 Å². The maximum absolute atomic E-state index is 12.2. The predicted molar refractivity (Wildman–Crippen MR) is 80.2 cm³/mol. The molecule has 0 aliphatic rings. The van der Waals surface area contributed by atoms with Gasteiger partial charge in [0, 0.05) is 17.2 Å². The highest BCUT2D eigenvalue weighted by atomic mass is 16.9. The van der Waals surface area contributed by atoms with E-state index in [-0.39, 0.29) is 11.7 Å². The van der Waals surface area contributed by atoms with Gasteiger partial charge in [-0.3, -0.25) is 10.1 Å². The van der Waals surface area contributed by atoms with Crippen LogP contribution in [0.15, 0.2) is 54.6 Å². The third-order valence-electron chi connectivity index (χ3n) is 2.51. The molecule has 0 unspecified atom stereocenters. The molecule has 8 nitrogen and oxygen atoms in total. The monoisotopic (exact) mass is 302 g/mol. The summed E-state index contributed by atoms with van der Waals surface area (Å²) in [5, 5.41) is 23.5. The predicted octanol–water partition coefficient (Wildman–Crippen LogP) is 0.767. The van der Waals surface area contributed by atoms with Gasteiger partial charge in [-0.05, 0) is 6.07 Å². The third-order valence-corrected chi connectivity index (χ3v) is 2.51. The lowest BCUT2D eigenvalue weighted by atomic mass is 10.0. The molecule has 0 saturated carbocycles. The number of guanidine groups is 1. The van der Waals surface area contributed by atoms with Gasteiger partial charge in [0.1, 0.15) is 5.69 Å². The molecular formula is C14H14N4O4. The smallest absolute Gasteiger partial charge is 0.293 e. The zero-order chi connectivity index (χ0) is 16.5. The van der Waals surface area contributed by atoms with Gasteiger partial charge < -0.3 is 21.1 Å². The van der Waals surface area contributed by atoms with E-state index in [0.717, 1.165) is 5.69 Å². The van der Waals surface area contributed by atoms with Crippen LogP contribution in [0.3, 0.4) is 0 Å². The number of benzene rings is 2. The van der Waals surface area contributed by atoms with E-state index < -0.39 is 5.09 Å². The topological polar surface area (TPSA) is 150 Å². The summed E-state index contributed by atoms with van der Waals surface area (Å²) in [5.41, 5.74) is 7.30. The van der Waals surface area contributed by atoms with Crippen molar-refractivity contribution in [3.05, 3.63) is 81.0 Å². The quantitative estimate of drug-likeness (QED) is 0.191. The average molecular weight is 302 g/mol. The number of hydrogen-bond donors (Lipinski definition) is 3. The van der Waals surface area contributed by atoms with Crippen molar-refractivity contribution in [1.82, 2.24) is 0 Å². The van der Waals surface area contributed by atoms with Crippen molar-refractivity contribution < 1.29 is 15.2 Å². The van der Waals surface area contributed by atoms with Crippen molar-refractivity contribution in [3.8, 4) is 0 Å². The van der Waals surface area contributed by atoms with Crippen LogP contribution in [-0.2, 0) is 0 Å². The van der Waals surface area contributed by atoms with Crippen molar-refractivity contribution >= 4 is 17.4 Å². The average Bonchev–Trinajstić information content (AvgIpc) is 2.46. The number of carbonyl (C=O) groups excluding carboxylic acids is 1. The molecule has 0 amide bonds. The molecule has 2 rings (SSSR count). The summed E-state index contributed by atoms with van der Waals surface area (Å²) in [4.78, 5) is 20.4. The second kappa shape index (κ2) is 8.12. The number of nitrogens with two attached hydrogens (primary N) is 2. The molecular weight excluding hydrogens is 288 g/mol. The first-order valence-corrected chi connectivity index (χ1v) is 6.10. The Balaban J connectivity index is 0.000000541. The lowest BCUT2D eigenvalue weighted by molar-refractivity contribution is -0.447. The summed E-state index contributed by atoms with van der Waals surface area (Å²) in [5.74, 6) is -0.0614. The first-order valence-electron chi connectivity index (χ1n) is 6.10. The fourth-order valence-corrected chi connectivity index (χ4v) is 1.71. The number of nitrogens with zero attached hydrogens (tertiary/aromatic N) is 1. The third kappa shape index (κ3) is 5.80. The van der Waals surface area contributed by atoms with Gasteiger partial charge in [-0.25, -0.2) is 5.41 Å². The molecule has 0 aromatic heterocycles. The highest BCUT2D eigenvalue weighted by molar-refractivity contribution is 6.09. The molecule has 0 atom stereocenters. The van der Waals surface area contributed by atoms with Gasteiger partial charge in [0.2, 0.25) is 0 Å². The van der Waals surface area contributed by atoms with E-state index in [0.29, 0.717) is 11.1 Å². The van der Waals surface area contributed by atoms with Gasteiger partial charge in [-0.2, -0.15) is 0 Å². The van der Waals surface area contributed by atoms with Gasteiger partial charge >= 0.3 is 0 Å². The summed E-state index contributed by atoms with van der Waals surface area (Å²) in [6.45, 7) is 0. The highest BCUT2D eigenvalue weighted by Crippen LogP contribution is 2.11. The Morgan fingerprint density at radius 2 is 1.59 bits per heavy atom. The molecule has 114 valence electrons. The van der Waals surface area contributed by atoms with Crippen LogP contribution >= 0.6 is 0 Å².